The molecule has 0 bridgehead atoms. The second kappa shape index (κ2) is 3.56. The fourth-order valence-corrected chi connectivity index (χ4v) is 1.69. The Morgan fingerprint density at radius 1 is 1.33 bits per heavy atom. The molecule has 2 atom stereocenters. The van der Waals surface area contributed by atoms with Crippen LogP contribution in [0.15, 0.2) is 0 Å². The van der Waals surface area contributed by atoms with E-state index in [1.165, 1.54) is 7.11 Å². The number of ether oxygens (including phenoxy) is 1. The van der Waals surface area contributed by atoms with Gasteiger partial charge in [-0.05, 0) is 12.8 Å². The van der Waals surface area contributed by atoms with Gasteiger partial charge in [-0.3, -0.25) is 9.59 Å². The lowest BCUT2D eigenvalue weighted by Gasteiger charge is -2.12. The third-order valence-corrected chi connectivity index (χ3v) is 2.34. The zero-order valence-electron chi connectivity index (χ0n) is 6.95. The molecule has 0 aliphatic heterocycles. The number of hydrogen-bond donors (Lipinski definition) is 1. The van der Waals surface area contributed by atoms with E-state index in [1.807, 2.05) is 0 Å². The van der Waals surface area contributed by atoms with Gasteiger partial charge in [0.2, 0.25) is 0 Å². The van der Waals surface area contributed by atoms with Gasteiger partial charge in [-0.1, -0.05) is 6.42 Å². The number of carboxylic acid groups (broad SMARTS) is 1. The highest BCUT2D eigenvalue weighted by Crippen LogP contribution is 2.32. The van der Waals surface area contributed by atoms with E-state index in [-0.39, 0.29) is 5.97 Å². The molecule has 0 saturated heterocycles. The van der Waals surface area contributed by atoms with Crippen LogP contribution in [0.4, 0.5) is 0 Å². The Kier molecular flexibility index (Phi) is 2.68. The molecule has 0 aromatic carbocycles. The summed E-state index contributed by atoms with van der Waals surface area (Å²) in [7, 11) is 1.29. The zero-order chi connectivity index (χ0) is 9.14. The van der Waals surface area contributed by atoms with Crippen LogP contribution in [0.5, 0.6) is 0 Å². The summed E-state index contributed by atoms with van der Waals surface area (Å²) in [6.07, 6.45) is 2.04. The SMILES string of the molecule is COC(=O)C1CCC[C@H]1C(=O)O. The van der Waals surface area contributed by atoms with Gasteiger partial charge in [0.1, 0.15) is 0 Å². The van der Waals surface area contributed by atoms with E-state index in [0.29, 0.717) is 12.8 Å². The fourth-order valence-electron chi connectivity index (χ4n) is 1.69. The average molecular weight is 172 g/mol. The second-order valence-electron chi connectivity index (χ2n) is 3.01. The minimum Gasteiger partial charge on any atom is -0.481 e. The Labute approximate surface area is 70.5 Å². The molecule has 1 unspecified atom stereocenters. The first kappa shape index (κ1) is 9.03. The third-order valence-electron chi connectivity index (χ3n) is 2.34. The van der Waals surface area contributed by atoms with Crippen LogP contribution in [0, 0.1) is 11.8 Å². The monoisotopic (exact) mass is 172 g/mol. The summed E-state index contributed by atoms with van der Waals surface area (Å²) in [6.45, 7) is 0. The quantitative estimate of drug-likeness (QED) is 0.621. The highest BCUT2D eigenvalue weighted by molar-refractivity contribution is 5.81. The lowest BCUT2D eigenvalue weighted by Crippen LogP contribution is -2.26. The summed E-state index contributed by atoms with van der Waals surface area (Å²) in [5.74, 6) is -2.23. The van der Waals surface area contributed by atoms with Gasteiger partial charge in [0.25, 0.3) is 0 Å². The van der Waals surface area contributed by atoms with E-state index in [9.17, 15) is 9.59 Å². The Morgan fingerprint density at radius 2 is 1.92 bits per heavy atom. The third kappa shape index (κ3) is 1.57. The number of hydrogen-bond acceptors (Lipinski definition) is 3. The minimum absolute atomic E-state index is 0.389. The Hall–Kier alpha value is -1.06. The van der Waals surface area contributed by atoms with Gasteiger partial charge in [-0.25, -0.2) is 0 Å². The summed E-state index contributed by atoms with van der Waals surface area (Å²) in [6, 6.07) is 0. The van der Waals surface area contributed by atoms with Crippen molar-refractivity contribution in [3.05, 3.63) is 0 Å². The van der Waals surface area contributed by atoms with E-state index in [0.717, 1.165) is 6.42 Å². The van der Waals surface area contributed by atoms with E-state index < -0.39 is 17.8 Å². The maximum atomic E-state index is 11.0. The van der Waals surface area contributed by atoms with E-state index in [4.69, 9.17) is 5.11 Å². The van der Waals surface area contributed by atoms with Crippen LogP contribution >= 0.6 is 0 Å². The van der Waals surface area contributed by atoms with Gasteiger partial charge in [0.05, 0.1) is 18.9 Å². The molecule has 4 nitrogen and oxygen atoms in total. The van der Waals surface area contributed by atoms with Crippen LogP contribution in [0.2, 0.25) is 0 Å². The van der Waals surface area contributed by atoms with Crippen molar-refractivity contribution in [1.82, 2.24) is 0 Å². The van der Waals surface area contributed by atoms with Crippen molar-refractivity contribution >= 4 is 11.9 Å². The predicted octanol–water partition coefficient (Wildman–Crippen LogP) is 0.660. The molecule has 0 spiro atoms. The Bertz CT molecular complexity index is 199. The lowest BCUT2D eigenvalue weighted by atomic mass is 9.97. The van der Waals surface area contributed by atoms with Gasteiger partial charge >= 0.3 is 11.9 Å². The maximum absolute atomic E-state index is 11.0. The van der Waals surface area contributed by atoms with Gasteiger partial charge in [0.15, 0.2) is 0 Å². The van der Waals surface area contributed by atoms with E-state index in [2.05, 4.69) is 4.74 Å². The summed E-state index contributed by atoms with van der Waals surface area (Å²) in [4.78, 5) is 21.7. The first-order valence-electron chi connectivity index (χ1n) is 3.97. The van der Waals surface area contributed by atoms with Crippen molar-refractivity contribution in [2.45, 2.75) is 19.3 Å². The largest absolute Gasteiger partial charge is 0.481 e. The molecule has 1 saturated carbocycles. The molecule has 0 radical (unpaired) electrons. The van der Waals surface area contributed by atoms with Crippen LogP contribution in [0.1, 0.15) is 19.3 Å². The second-order valence-corrected chi connectivity index (χ2v) is 3.01. The van der Waals surface area contributed by atoms with Crippen molar-refractivity contribution in [2.24, 2.45) is 11.8 Å². The Balaban J connectivity index is 2.63. The Morgan fingerprint density at radius 3 is 2.42 bits per heavy atom. The summed E-state index contributed by atoms with van der Waals surface area (Å²) in [5.41, 5.74) is 0. The van der Waals surface area contributed by atoms with Crippen LogP contribution < -0.4 is 0 Å². The molecule has 0 amide bonds. The standard InChI is InChI=1S/C8H12O4/c1-12-8(11)6-4-2-3-5(6)7(9)10/h5-6H,2-4H2,1H3,(H,9,10)/t5-,6?/m1/s1. The molecule has 0 aromatic heterocycles. The number of carboxylic acids is 1. The van der Waals surface area contributed by atoms with Crippen molar-refractivity contribution < 1.29 is 19.4 Å². The number of carbonyl (C=O) groups excluding carboxylic acids is 1. The van der Waals surface area contributed by atoms with Gasteiger partial charge < -0.3 is 9.84 Å². The molecule has 1 aliphatic carbocycles. The molecule has 1 aliphatic rings. The van der Waals surface area contributed by atoms with Gasteiger partial charge in [0, 0.05) is 0 Å². The van der Waals surface area contributed by atoms with E-state index >= 15 is 0 Å². The first-order chi connectivity index (χ1) is 5.66. The highest BCUT2D eigenvalue weighted by Gasteiger charge is 2.38. The molecular weight excluding hydrogens is 160 g/mol. The molecule has 1 fully saturated rings. The van der Waals surface area contributed by atoms with Gasteiger partial charge in [-0.15, -0.1) is 0 Å². The minimum atomic E-state index is -0.886. The van der Waals surface area contributed by atoms with Crippen LogP contribution in [-0.4, -0.2) is 24.2 Å². The molecular formula is C8H12O4. The van der Waals surface area contributed by atoms with Crippen molar-refractivity contribution in [3.8, 4) is 0 Å². The molecule has 1 rings (SSSR count). The first-order valence-corrected chi connectivity index (χ1v) is 3.97. The van der Waals surface area contributed by atoms with Crippen molar-refractivity contribution in [1.29, 1.82) is 0 Å². The molecule has 0 aromatic rings. The van der Waals surface area contributed by atoms with Crippen molar-refractivity contribution in [2.75, 3.05) is 7.11 Å². The average Bonchev–Trinajstić information content (AvgIpc) is 2.50. The zero-order valence-corrected chi connectivity index (χ0v) is 6.95. The number of aliphatic carboxylic acids is 1. The normalized spacial score (nSPS) is 28.4. The smallest absolute Gasteiger partial charge is 0.309 e. The number of carbonyl (C=O) groups is 2. The molecule has 12 heavy (non-hydrogen) atoms. The predicted molar refractivity (Wildman–Crippen MR) is 40.5 cm³/mol. The summed E-state index contributed by atoms with van der Waals surface area (Å²) >= 11 is 0. The molecule has 4 heteroatoms. The topological polar surface area (TPSA) is 63.6 Å². The van der Waals surface area contributed by atoms with Crippen LogP contribution in [0.3, 0.4) is 0 Å². The molecule has 68 valence electrons. The fraction of sp³-hybridized carbons (Fsp3) is 0.750. The number of rotatable bonds is 2. The lowest BCUT2D eigenvalue weighted by molar-refractivity contribution is -0.154. The van der Waals surface area contributed by atoms with Crippen LogP contribution in [-0.2, 0) is 14.3 Å². The number of esters is 1. The van der Waals surface area contributed by atoms with Crippen LogP contribution in [0.25, 0.3) is 0 Å². The molecule has 1 N–H and O–H groups in total. The maximum Gasteiger partial charge on any atom is 0.309 e. The molecule has 0 heterocycles. The van der Waals surface area contributed by atoms with E-state index in [1.54, 1.807) is 0 Å². The van der Waals surface area contributed by atoms with Gasteiger partial charge in [-0.2, -0.15) is 0 Å². The van der Waals surface area contributed by atoms with Crippen molar-refractivity contribution in [3.63, 3.8) is 0 Å². The summed E-state index contributed by atoms with van der Waals surface area (Å²) in [5, 5.41) is 8.72. The summed E-state index contributed by atoms with van der Waals surface area (Å²) < 4.78 is 4.51. The number of methoxy groups -OCH3 is 1. The highest BCUT2D eigenvalue weighted by atomic mass is 16.5.